The molecule has 0 saturated heterocycles. The fourth-order valence-electron chi connectivity index (χ4n) is 3.63. The highest BCUT2D eigenvalue weighted by Gasteiger charge is 2.23. The molecule has 0 saturated carbocycles. The van der Waals surface area contributed by atoms with Crippen LogP contribution in [0.2, 0.25) is 10.0 Å². The molecule has 1 amide bonds. The predicted octanol–water partition coefficient (Wildman–Crippen LogP) is 6.15. The number of benzene rings is 3. The molecule has 4 nitrogen and oxygen atoms in total. The molecule has 158 valence electrons. The maximum atomic E-state index is 13.4. The van der Waals surface area contributed by atoms with Crippen molar-refractivity contribution in [3.63, 3.8) is 0 Å². The summed E-state index contributed by atoms with van der Waals surface area (Å²) >= 11 is 12.1. The van der Waals surface area contributed by atoms with Crippen LogP contribution in [0, 0.1) is 5.82 Å². The van der Waals surface area contributed by atoms with Gasteiger partial charge in [0.05, 0.1) is 11.0 Å². The van der Waals surface area contributed by atoms with Gasteiger partial charge in [0.15, 0.2) is 5.82 Å². The van der Waals surface area contributed by atoms with Crippen LogP contribution in [0.1, 0.15) is 34.6 Å². The van der Waals surface area contributed by atoms with Crippen molar-refractivity contribution in [2.75, 3.05) is 0 Å². The van der Waals surface area contributed by atoms with Gasteiger partial charge in [-0.15, -0.1) is 0 Å². The van der Waals surface area contributed by atoms with E-state index in [1.807, 2.05) is 55.5 Å². The number of aromatic amines is 1. The number of fused-ring (bicyclic) bond motifs is 1. The van der Waals surface area contributed by atoms with Crippen LogP contribution in [0.3, 0.4) is 0 Å². The molecule has 7 heteroatoms. The zero-order chi connectivity index (χ0) is 22.0. The summed E-state index contributed by atoms with van der Waals surface area (Å²) in [7, 11) is 0. The van der Waals surface area contributed by atoms with Crippen LogP contribution in [0.15, 0.2) is 66.7 Å². The molecule has 2 atom stereocenters. The minimum atomic E-state index is -0.387. The third kappa shape index (κ3) is 5.06. The van der Waals surface area contributed by atoms with Crippen LogP contribution in [-0.4, -0.2) is 21.9 Å². The highest BCUT2D eigenvalue weighted by molar-refractivity contribution is 6.30. The van der Waals surface area contributed by atoms with Gasteiger partial charge >= 0.3 is 0 Å². The second kappa shape index (κ2) is 9.08. The first-order valence-electron chi connectivity index (χ1n) is 9.85. The number of carbonyl (C=O) groups is 1. The maximum absolute atomic E-state index is 13.4. The number of H-pyrrole nitrogens is 1. The van der Waals surface area contributed by atoms with E-state index in [1.165, 1.54) is 12.1 Å². The first-order chi connectivity index (χ1) is 14.9. The van der Waals surface area contributed by atoms with Crippen LogP contribution < -0.4 is 5.32 Å². The number of hydrogen-bond donors (Lipinski definition) is 2. The average Bonchev–Trinajstić information content (AvgIpc) is 3.17. The van der Waals surface area contributed by atoms with E-state index in [0.717, 1.165) is 11.1 Å². The van der Waals surface area contributed by atoms with Gasteiger partial charge in [0.1, 0.15) is 5.82 Å². The van der Waals surface area contributed by atoms with Crippen molar-refractivity contribution in [3.8, 4) is 0 Å². The molecule has 2 N–H and O–H groups in total. The van der Waals surface area contributed by atoms with Gasteiger partial charge in [0.25, 0.3) is 5.91 Å². The van der Waals surface area contributed by atoms with Crippen molar-refractivity contribution in [3.05, 3.63) is 99.5 Å². The summed E-state index contributed by atoms with van der Waals surface area (Å²) in [5.74, 6) is -0.598. The van der Waals surface area contributed by atoms with Gasteiger partial charge in [-0.3, -0.25) is 4.79 Å². The maximum Gasteiger partial charge on any atom is 0.287 e. The topological polar surface area (TPSA) is 57.8 Å². The number of aromatic nitrogens is 2. The Morgan fingerprint density at radius 1 is 1.03 bits per heavy atom. The molecule has 4 aromatic rings. The molecule has 0 aliphatic carbocycles. The van der Waals surface area contributed by atoms with Crippen molar-refractivity contribution in [1.29, 1.82) is 0 Å². The van der Waals surface area contributed by atoms with Crippen LogP contribution >= 0.6 is 23.2 Å². The molecule has 0 aliphatic rings. The smallest absolute Gasteiger partial charge is 0.287 e. The second-order valence-electron chi connectivity index (χ2n) is 7.50. The number of nitrogens with one attached hydrogen (secondary N) is 2. The van der Waals surface area contributed by atoms with E-state index in [1.54, 1.807) is 6.07 Å². The van der Waals surface area contributed by atoms with Gasteiger partial charge in [-0.25, -0.2) is 9.37 Å². The molecule has 1 heterocycles. The molecule has 0 aliphatic heterocycles. The van der Waals surface area contributed by atoms with Crippen LogP contribution in [0.25, 0.3) is 11.0 Å². The van der Waals surface area contributed by atoms with E-state index in [9.17, 15) is 9.18 Å². The van der Waals surface area contributed by atoms with E-state index in [-0.39, 0.29) is 29.5 Å². The van der Waals surface area contributed by atoms with Crippen molar-refractivity contribution in [1.82, 2.24) is 15.3 Å². The van der Waals surface area contributed by atoms with Gasteiger partial charge in [0, 0.05) is 22.0 Å². The van der Waals surface area contributed by atoms with Crippen molar-refractivity contribution in [2.24, 2.45) is 0 Å². The van der Waals surface area contributed by atoms with Crippen molar-refractivity contribution in [2.45, 2.75) is 25.3 Å². The molecule has 1 aromatic heterocycles. The first-order valence-corrected chi connectivity index (χ1v) is 10.6. The lowest BCUT2D eigenvalue weighted by Crippen LogP contribution is -2.38. The standard InChI is InChI=1S/C24H20Cl2FN3O/c1-14(28-24(31)23-29-21-11-10-19(27)13-22(21)30-23)20(16-4-8-18(26)9-5-16)12-15-2-6-17(25)7-3-15/h2-11,13-14,20H,12H2,1H3,(H,28,31)(H,29,30). The molecule has 0 fully saturated rings. The third-order valence-corrected chi connectivity index (χ3v) is 5.79. The zero-order valence-corrected chi connectivity index (χ0v) is 18.2. The number of amides is 1. The minimum Gasteiger partial charge on any atom is -0.346 e. The van der Waals surface area contributed by atoms with Gasteiger partial charge < -0.3 is 10.3 Å². The first kappa shape index (κ1) is 21.3. The van der Waals surface area contributed by atoms with Crippen molar-refractivity contribution >= 4 is 40.1 Å². The molecule has 0 spiro atoms. The fourth-order valence-corrected chi connectivity index (χ4v) is 3.88. The molecular weight excluding hydrogens is 436 g/mol. The summed E-state index contributed by atoms with van der Waals surface area (Å²) in [5, 5.41) is 4.36. The Kier molecular flexibility index (Phi) is 6.25. The number of nitrogens with zero attached hydrogens (tertiary/aromatic N) is 1. The quantitative estimate of drug-likeness (QED) is 0.366. The molecule has 3 aromatic carbocycles. The lowest BCUT2D eigenvalue weighted by atomic mass is 9.86. The van der Waals surface area contributed by atoms with Gasteiger partial charge in [0.2, 0.25) is 0 Å². The highest BCUT2D eigenvalue weighted by atomic mass is 35.5. The summed E-state index contributed by atoms with van der Waals surface area (Å²) in [5.41, 5.74) is 3.17. The normalized spacial score (nSPS) is 13.2. The number of imidazole rings is 1. The van der Waals surface area contributed by atoms with Gasteiger partial charge in [-0.05, 0) is 66.9 Å². The predicted molar refractivity (Wildman–Crippen MR) is 122 cm³/mol. The summed E-state index contributed by atoms with van der Waals surface area (Å²) in [6.45, 7) is 1.95. The number of carbonyl (C=O) groups excluding carboxylic acids is 1. The Bertz CT molecular complexity index is 1210. The van der Waals surface area contributed by atoms with E-state index in [2.05, 4.69) is 15.3 Å². The number of rotatable bonds is 6. The monoisotopic (exact) mass is 455 g/mol. The fraction of sp³-hybridized carbons (Fsp3) is 0.167. The molecule has 0 bridgehead atoms. The molecular formula is C24H20Cl2FN3O. The summed E-state index contributed by atoms with van der Waals surface area (Å²) in [6.07, 6.45) is 0.700. The average molecular weight is 456 g/mol. The Morgan fingerprint density at radius 3 is 2.35 bits per heavy atom. The van der Waals surface area contributed by atoms with Gasteiger partial charge in [-0.2, -0.15) is 0 Å². The van der Waals surface area contributed by atoms with Gasteiger partial charge in [-0.1, -0.05) is 47.5 Å². The van der Waals surface area contributed by atoms with Crippen LogP contribution in [-0.2, 0) is 6.42 Å². The van der Waals surface area contributed by atoms with E-state index in [0.29, 0.717) is 27.5 Å². The zero-order valence-electron chi connectivity index (χ0n) is 16.7. The summed E-state index contributed by atoms with van der Waals surface area (Å²) in [6, 6.07) is 19.2. The second-order valence-corrected chi connectivity index (χ2v) is 8.37. The lowest BCUT2D eigenvalue weighted by molar-refractivity contribution is 0.0925. The van der Waals surface area contributed by atoms with E-state index in [4.69, 9.17) is 23.2 Å². The summed E-state index contributed by atoms with van der Waals surface area (Å²) < 4.78 is 13.4. The lowest BCUT2D eigenvalue weighted by Gasteiger charge is -2.25. The van der Waals surface area contributed by atoms with E-state index < -0.39 is 0 Å². The summed E-state index contributed by atoms with van der Waals surface area (Å²) in [4.78, 5) is 20.0. The Hall–Kier alpha value is -2.89. The molecule has 4 rings (SSSR count). The van der Waals surface area contributed by atoms with Crippen LogP contribution in [0.4, 0.5) is 4.39 Å². The Morgan fingerprint density at radius 2 is 1.68 bits per heavy atom. The number of halogens is 3. The minimum absolute atomic E-state index is 0.00999. The van der Waals surface area contributed by atoms with Crippen LogP contribution in [0.5, 0.6) is 0 Å². The Labute approximate surface area is 189 Å². The molecule has 0 radical (unpaired) electrons. The van der Waals surface area contributed by atoms with Crippen molar-refractivity contribution < 1.29 is 9.18 Å². The SMILES string of the molecule is CC(NC(=O)c1nc2ccc(F)cc2[nH]1)C(Cc1ccc(Cl)cc1)c1ccc(Cl)cc1. The highest BCUT2D eigenvalue weighted by Crippen LogP contribution is 2.27. The molecule has 2 unspecified atom stereocenters. The Balaban J connectivity index is 1.57. The largest absolute Gasteiger partial charge is 0.346 e. The van der Waals surface area contributed by atoms with E-state index >= 15 is 0 Å². The third-order valence-electron chi connectivity index (χ3n) is 5.29. The molecule has 31 heavy (non-hydrogen) atoms. The number of hydrogen-bond acceptors (Lipinski definition) is 2.